The van der Waals surface area contributed by atoms with Gasteiger partial charge in [-0.2, -0.15) is 0 Å². The molecule has 0 atom stereocenters. The third kappa shape index (κ3) is 6.85. The third-order valence-corrected chi connectivity index (χ3v) is 6.96. The topological polar surface area (TPSA) is 48.1 Å². The van der Waals surface area contributed by atoms with Gasteiger partial charge >= 0.3 is 8.40 Å². The van der Waals surface area contributed by atoms with E-state index >= 15 is 8.63 Å². The number of benzene rings is 1. The zero-order valence-corrected chi connectivity index (χ0v) is 21.2. The molecule has 194 valence electrons. The van der Waals surface area contributed by atoms with Crippen LogP contribution < -0.4 is 5.11 Å². The highest BCUT2D eigenvalue weighted by molar-refractivity contribution is 6.58. The Morgan fingerprint density at radius 1 is 0.892 bits per heavy atom. The number of carboxylic acid groups (broad SMARTS) is 1. The molecule has 4 nitrogen and oxygen atoms in total. The highest BCUT2D eigenvalue weighted by atomic mass is 19.2. The van der Waals surface area contributed by atoms with E-state index in [2.05, 4.69) is 0 Å². The average Bonchev–Trinajstić information content (AvgIpc) is 3.49. The Morgan fingerprint density at radius 3 is 2.30 bits per heavy atom. The predicted octanol–water partition coefficient (Wildman–Crippen LogP) is 6.27. The molecule has 0 radical (unpaired) electrons. The number of hydrogen-bond acceptors (Lipinski definition) is 2. The smallest absolute Gasteiger partial charge is 0.550 e. The van der Waals surface area contributed by atoms with Crippen molar-refractivity contribution in [2.45, 2.75) is 64.2 Å². The van der Waals surface area contributed by atoms with Gasteiger partial charge in [-0.05, 0) is 49.1 Å². The number of aromatic nitrogens is 1. The first kappa shape index (κ1) is 26.6. The van der Waals surface area contributed by atoms with Gasteiger partial charge in [0.05, 0.1) is 0 Å². The van der Waals surface area contributed by atoms with Crippen LogP contribution in [-0.4, -0.2) is 27.6 Å². The summed E-state index contributed by atoms with van der Waals surface area (Å²) in [6, 6.07) is 13.5. The second-order valence-corrected chi connectivity index (χ2v) is 9.73. The van der Waals surface area contributed by atoms with Crippen LogP contribution in [0.5, 0.6) is 0 Å². The van der Waals surface area contributed by atoms with Gasteiger partial charge in [0.25, 0.3) is 0 Å². The van der Waals surface area contributed by atoms with E-state index < -0.39 is 12.9 Å². The number of rotatable bonds is 14. The van der Waals surface area contributed by atoms with Gasteiger partial charge in [0.15, 0.2) is 11.4 Å². The highest BCUT2D eigenvalue weighted by Crippen LogP contribution is 2.33. The standard InChI is InChI=1S/C30H35BF2N2O2/c32-31(33)34-26(17-10-5-3-1-2-4-6-11-19-30(36)37)20-22-28(34)24-29-23-21-27(35(29)31)18-13-12-16-25-14-8-7-9-15-25/h7-9,12-16,18,20-24H,1-6,10-11,17,19H2,(H,36,37)/b16-12+,18-13+. The number of unbranched alkanes of at least 4 members (excludes halogenated alkanes) is 7. The van der Waals surface area contributed by atoms with E-state index in [1.807, 2.05) is 54.6 Å². The minimum atomic E-state index is -3.98. The SMILES string of the molecule is O=C([O-])CCCCCCCCCCc1ccc2n1[B-](F)(F)[N+]1=C(/C=C/C=C/c3ccccc3)C=CC1=C2.[H+]. The lowest BCUT2D eigenvalue weighted by Crippen LogP contribution is -2.50. The summed E-state index contributed by atoms with van der Waals surface area (Å²) in [4.78, 5) is 10.4. The number of carbonyl (C=O) groups excluding carboxylic acids is 1. The monoisotopic (exact) mass is 504 g/mol. The number of allylic oxidation sites excluding steroid dienone is 5. The number of aliphatic carboxylic acids is 1. The molecule has 2 aliphatic heterocycles. The Hall–Kier alpha value is -3.48. The molecule has 0 aliphatic carbocycles. The fraction of sp³-hybridized carbons (Fsp3) is 0.333. The quantitative estimate of drug-likeness (QED) is 0.173. The lowest BCUT2D eigenvalue weighted by molar-refractivity contribution is -0.360. The molecule has 7 heteroatoms. The number of hydrogen-bond donors (Lipinski definition) is 0. The Bertz CT molecular complexity index is 1250. The van der Waals surface area contributed by atoms with Gasteiger partial charge in [-0.1, -0.05) is 87.1 Å². The number of carboxylic acids is 1. The molecule has 0 saturated heterocycles. The lowest BCUT2D eigenvalue weighted by atomic mass is 9.90. The van der Waals surface area contributed by atoms with E-state index in [4.69, 9.17) is 0 Å². The maximum atomic E-state index is 15.9. The third-order valence-electron chi connectivity index (χ3n) is 6.96. The minimum Gasteiger partial charge on any atom is -0.550 e. The second-order valence-electron chi connectivity index (χ2n) is 9.73. The van der Waals surface area contributed by atoms with Crippen LogP contribution in [0.15, 0.2) is 78.5 Å². The summed E-state index contributed by atoms with van der Waals surface area (Å²) in [6.07, 6.45) is 21.2. The fourth-order valence-corrected chi connectivity index (χ4v) is 5.09. The molecule has 1 aromatic heterocycles. The average molecular weight is 504 g/mol. The Kier molecular flexibility index (Phi) is 9.10. The molecular weight excluding hydrogens is 469 g/mol. The summed E-state index contributed by atoms with van der Waals surface area (Å²) in [5, 5.41) is 10.4. The predicted molar refractivity (Wildman–Crippen MR) is 146 cm³/mol. The van der Waals surface area contributed by atoms with E-state index in [0.29, 0.717) is 35.6 Å². The maximum Gasteiger partial charge on any atom is 1.00 e. The van der Waals surface area contributed by atoms with Crippen LogP contribution in [0.25, 0.3) is 12.2 Å². The lowest BCUT2D eigenvalue weighted by Gasteiger charge is -2.30. The first-order valence-corrected chi connectivity index (χ1v) is 13.3. The van der Waals surface area contributed by atoms with Gasteiger partial charge < -0.3 is 27.5 Å². The molecule has 0 spiro atoms. The molecular formula is C30H35BF2N2O2. The van der Waals surface area contributed by atoms with Crippen molar-refractivity contribution < 1.29 is 24.4 Å². The van der Waals surface area contributed by atoms with Gasteiger partial charge in [0.2, 0.25) is 0 Å². The Balaban J connectivity index is 0.00000400. The van der Waals surface area contributed by atoms with E-state index in [9.17, 15) is 9.90 Å². The van der Waals surface area contributed by atoms with Gasteiger partial charge in [-0.3, -0.25) is 0 Å². The largest absolute Gasteiger partial charge is 1.00 e. The summed E-state index contributed by atoms with van der Waals surface area (Å²) >= 11 is 0. The Labute approximate surface area is 219 Å². The second kappa shape index (κ2) is 12.7. The zero-order valence-electron chi connectivity index (χ0n) is 22.2. The number of fused-ring (bicyclic) bond motifs is 2. The van der Waals surface area contributed by atoms with Crippen LogP contribution in [0.2, 0.25) is 0 Å². The van der Waals surface area contributed by atoms with Crippen molar-refractivity contribution in [3.63, 3.8) is 0 Å². The van der Waals surface area contributed by atoms with Crippen molar-refractivity contribution in [3.8, 4) is 0 Å². The van der Waals surface area contributed by atoms with Gasteiger partial charge in [-0.15, -0.1) is 0 Å². The van der Waals surface area contributed by atoms with Crippen molar-refractivity contribution in [2.24, 2.45) is 0 Å². The molecule has 3 heterocycles. The van der Waals surface area contributed by atoms with Crippen molar-refractivity contribution in [1.29, 1.82) is 0 Å². The molecule has 2 aromatic rings. The summed E-state index contributed by atoms with van der Waals surface area (Å²) < 4.78 is 34.1. The molecule has 37 heavy (non-hydrogen) atoms. The first-order chi connectivity index (χ1) is 18.0. The van der Waals surface area contributed by atoms with Gasteiger partial charge in [0, 0.05) is 36.0 Å². The van der Waals surface area contributed by atoms with Crippen molar-refractivity contribution >= 4 is 30.8 Å². The van der Waals surface area contributed by atoms with Crippen molar-refractivity contribution in [2.75, 3.05) is 0 Å². The fourth-order valence-electron chi connectivity index (χ4n) is 5.09. The zero-order chi connectivity index (χ0) is 26.1. The molecule has 0 fully saturated rings. The van der Waals surface area contributed by atoms with Crippen molar-refractivity contribution in [3.05, 3.63) is 95.5 Å². The van der Waals surface area contributed by atoms with E-state index in [-0.39, 0.29) is 7.85 Å². The van der Waals surface area contributed by atoms with E-state index in [1.54, 1.807) is 30.4 Å². The number of aryl methyl sites for hydroxylation is 1. The summed E-state index contributed by atoms with van der Waals surface area (Å²) in [5.41, 5.74) is 3.30. The summed E-state index contributed by atoms with van der Waals surface area (Å²) in [6.45, 7) is -3.98. The highest BCUT2D eigenvalue weighted by Gasteiger charge is 2.51. The van der Waals surface area contributed by atoms with E-state index in [1.165, 1.54) is 8.96 Å². The van der Waals surface area contributed by atoms with Gasteiger partial charge in [-0.25, -0.2) is 0 Å². The van der Waals surface area contributed by atoms with Crippen LogP contribution >= 0.6 is 0 Å². The van der Waals surface area contributed by atoms with Crippen LogP contribution in [0.1, 0.15) is 76.2 Å². The van der Waals surface area contributed by atoms with E-state index in [0.717, 1.165) is 50.5 Å². The molecule has 0 unspecified atom stereocenters. The van der Waals surface area contributed by atoms with Crippen LogP contribution in [0.3, 0.4) is 0 Å². The molecule has 4 rings (SSSR count). The molecule has 2 aliphatic rings. The first-order valence-electron chi connectivity index (χ1n) is 13.3. The number of nitrogens with zero attached hydrogens (tertiary/aromatic N) is 2. The number of carbonyl (C=O) groups is 1. The maximum absolute atomic E-state index is 15.9. The summed E-state index contributed by atoms with van der Waals surface area (Å²) in [5.74, 6) is -0.978. The van der Waals surface area contributed by atoms with Crippen LogP contribution in [0, 0.1) is 0 Å². The molecule has 0 amide bonds. The van der Waals surface area contributed by atoms with Crippen LogP contribution in [0.4, 0.5) is 8.63 Å². The van der Waals surface area contributed by atoms with Crippen molar-refractivity contribution in [1.82, 2.24) is 4.48 Å². The number of halogens is 2. The van der Waals surface area contributed by atoms with Crippen LogP contribution in [-0.2, 0) is 11.2 Å². The molecule has 1 aromatic carbocycles. The molecule has 0 N–H and O–H groups in total. The van der Waals surface area contributed by atoms with Gasteiger partial charge in [0.1, 0.15) is 0 Å². The normalized spacial score (nSPS) is 16.0. The minimum absolute atomic E-state index is 0. The summed E-state index contributed by atoms with van der Waals surface area (Å²) in [7, 11) is 0. The Morgan fingerprint density at radius 2 is 1.57 bits per heavy atom. The molecule has 0 saturated carbocycles. The molecule has 0 bridgehead atoms.